The molecule has 0 aliphatic carbocycles. The number of amides is 1. The molecule has 2 N–H and O–H groups in total. The lowest BCUT2D eigenvalue weighted by molar-refractivity contribution is -0.131. The van der Waals surface area contributed by atoms with Gasteiger partial charge in [0, 0.05) is 19.6 Å². The molecule has 0 saturated carbocycles. The smallest absolute Gasteiger partial charge is 0.227 e. The number of benzene rings is 2. The molecule has 0 bridgehead atoms. The van der Waals surface area contributed by atoms with Crippen LogP contribution in [0.1, 0.15) is 11.1 Å². The van der Waals surface area contributed by atoms with Gasteiger partial charge in [-0.15, -0.1) is 12.4 Å². The second-order valence-corrected chi connectivity index (χ2v) is 5.46. The van der Waals surface area contributed by atoms with Gasteiger partial charge in [-0.25, -0.2) is 0 Å². The van der Waals surface area contributed by atoms with Crippen LogP contribution < -0.4 is 15.2 Å². The van der Waals surface area contributed by atoms with Gasteiger partial charge in [0.05, 0.1) is 20.6 Å². The topological polar surface area (TPSA) is 64.8 Å². The van der Waals surface area contributed by atoms with E-state index in [1.165, 1.54) is 0 Å². The van der Waals surface area contributed by atoms with Crippen LogP contribution in [0.3, 0.4) is 0 Å². The SMILES string of the molecule is COc1ccc(CC(=O)N(CCN)Cc2ccccc2)cc1OC.Cl. The number of nitrogens with two attached hydrogens (primary N) is 1. The van der Waals surface area contributed by atoms with Gasteiger partial charge in [0.15, 0.2) is 11.5 Å². The summed E-state index contributed by atoms with van der Waals surface area (Å²) < 4.78 is 10.5. The van der Waals surface area contributed by atoms with Crippen LogP contribution in [0, 0.1) is 0 Å². The molecule has 0 aliphatic heterocycles. The fraction of sp³-hybridized carbons (Fsp3) is 0.316. The van der Waals surface area contributed by atoms with Gasteiger partial charge in [-0.3, -0.25) is 4.79 Å². The normalized spacial score (nSPS) is 9.88. The van der Waals surface area contributed by atoms with Crippen molar-refractivity contribution in [1.29, 1.82) is 0 Å². The van der Waals surface area contributed by atoms with Crippen molar-refractivity contribution in [1.82, 2.24) is 4.90 Å². The first kappa shape index (κ1) is 20.8. The number of ether oxygens (including phenoxy) is 2. The molecule has 0 heterocycles. The van der Waals surface area contributed by atoms with Crippen LogP contribution in [0.5, 0.6) is 11.5 Å². The van der Waals surface area contributed by atoms with Crippen molar-refractivity contribution in [2.75, 3.05) is 27.3 Å². The maximum absolute atomic E-state index is 12.7. The number of hydrogen-bond acceptors (Lipinski definition) is 4. The Morgan fingerprint density at radius 2 is 1.68 bits per heavy atom. The molecular weight excluding hydrogens is 340 g/mol. The Labute approximate surface area is 155 Å². The predicted molar refractivity (Wildman–Crippen MR) is 101 cm³/mol. The molecule has 0 radical (unpaired) electrons. The van der Waals surface area contributed by atoms with Crippen LogP contribution in [0.15, 0.2) is 48.5 Å². The largest absolute Gasteiger partial charge is 0.493 e. The molecule has 2 aromatic rings. The minimum Gasteiger partial charge on any atom is -0.493 e. The average Bonchev–Trinajstić information content (AvgIpc) is 2.62. The number of methoxy groups -OCH3 is 2. The lowest BCUT2D eigenvalue weighted by Gasteiger charge is -2.22. The van der Waals surface area contributed by atoms with Crippen molar-refractivity contribution < 1.29 is 14.3 Å². The highest BCUT2D eigenvalue weighted by atomic mass is 35.5. The summed E-state index contributed by atoms with van der Waals surface area (Å²) >= 11 is 0. The van der Waals surface area contributed by atoms with Gasteiger partial charge in [0.25, 0.3) is 0 Å². The van der Waals surface area contributed by atoms with Crippen LogP contribution in [0.2, 0.25) is 0 Å². The first-order valence-electron chi connectivity index (χ1n) is 7.90. The molecule has 0 saturated heterocycles. The fourth-order valence-electron chi connectivity index (χ4n) is 2.53. The minimum absolute atomic E-state index is 0. The maximum Gasteiger partial charge on any atom is 0.227 e. The number of carbonyl (C=O) groups is 1. The highest BCUT2D eigenvalue weighted by Gasteiger charge is 2.15. The summed E-state index contributed by atoms with van der Waals surface area (Å²) in [5.74, 6) is 1.31. The van der Waals surface area contributed by atoms with Gasteiger partial charge in [0.2, 0.25) is 5.91 Å². The van der Waals surface area contributed by atoms with E-state index >= 15 is 0 Å². The quantitative estimate of drug-likeness (QED) is 0.782. The summed E-state index contributed by atoms with van der Waals surface area (Å²) in [4.78, 5) is 14.4. The maximum atomic E-state index is 12.7. The van der Waals surface area contributed by atoms with Gasteiger partial charge in [-0.2, -0.15) is 0 Å². The number of nitrogens with zero attached hydrogens (tertiary/aromatic N) is 1. The lowest BCUT2D eigenvalue weighted by Crippen LogP contribution is -2.35. The van der Waals surface area contributed by atoms with E-state index in [4.69, 9.17) is 15.2 Å². The average molecular weight is 365 g/mol. The fourth-order valence-corrected chi connectivity index (χ4v) is 2.53. The summed E-state index contributed by atoms with van der Waals surface area (Å²) in [5.41, 5.74) is 7.64. The highest BCUT2D eigenvalue weighted by Crippen LogP contribution is 2.27. The molecule has 5 nitrogen and oxygen atoms in total. The van der Waals surface area contributed by atoms with Crippen LogP contribution in [0.25, 0.3) is 0 Å². The molecule has 0 aliphatic rings. The molecule has 0 unspecified atom stereocenters. The van der Waals surface area contributed by atoms with Gasteiger partial charge < -0.3 is 20.1 Å². The summed E-state index contributed by atoms with van der Waals surface area (Å²) in [7, 11) is 3.17. The van der Waals surface area contributed by atoms with Crippen molar-refractivity contribution in [3.05, 3.63) is 59.7 Å². The Balaban J connectivity index is 0.00000312. The van der Waals surface area contributed by atoms with Crippen molar-refractivity contribution in [2.45, 2.75) is 13.0 Å². The van der Waals surface area contributed by atoms with Crippen LogP contribution in [-0.2, 0) is 17.8 Å². The van der Waals surface area contributed by atoms with Gasteiger partial charge in [0.1, 0.15) is 0 Å². The van der Waals surface area contributed by atoms with E-state index in [1.807, 2.05) is 48.5 Å². The standard InChI is InChI=1S/C19H24N2O3.ClH/c1-23-17-9-8-16(12-18(17)24-2)13-19(22)21(11-10-20)14-15-6-4-3-5-7-15;/h3-9,12H,10-11,13-14,20H2,1-2H3;1H. The van der Waals surface area contributed by atoms with E-state index < -0.39 is 0 Å². The first-order valence-corrected chi connectivity index (χ1v) is 7.90. The van der Waals surface area contributed by atoms with Gasteiger partial charge in [-0.05, 0) is 23.3 Å². The van der Waals surface area contributed by atoms with Crippen molar-refractivity contribution in [3.63, 3.8) is 0 Å². The molecule has 2 rings (SSSR count). The Morgan fingerprint density at radius 3 is 2.28 bits per heavy atom. The van der Waals surface area contributed by atoms with Crippen molar-refractivity contribution >= 4 is 18.3 Å². The molecule has 0 aromatic heterocycles. The predicted octanol–water partition coefficient (Wildman–Crippen LogP) is 2.66. The summed E-state index contributed by atoms with van der Waals surface area (Å²) in [6, 6.07) is 15.4. The monoisotopic (exact) mass is 364 g/mol. The number of halogens is 1. The van der Waals surface area contributed by atoms with Crippen LogP contribution >= 0.6 is 12.4 Å². The zero-order valence-electron chi connectivity index (χ0n) is 14.6. The van der Waals surface area contributed by atoms with E-state index in [0.29, 0.717) is 37.6 Å². The Hall–Kier alpha value is -2.24. The number of hydrogen-bond donors (Lipinski definition) is 1. The third-order valence-corrected chi connectivity index (χ3v) is 3.77. The third-order valence-electron chi connectivity index (χ3n) is 3.77. The molecular formula is C19H25ClN2O3. The Kier molecular flexibility index (Phi) is 8.81. The first-order chi connectivity index (χ1) is 11.7. The zero-order chi connectivity index (χ0) is 17.4. The Morgan fingerprint density at radius 1 is 1.00 bits per heavy atom. The zero-order valence-corrected chi connectivity index (χ0v) is 15.4. The molecule has 2 aromatic carbocycles. The second kappa shape index (κ2) is 10.6. The molecule has 25 heavy (non-hydrogen) atoms. The van der Waals surface area contributed by atoms with Crippen molar-refractivity contribution in [2.24, 2.45) is 5.73 Å². The van der Waals surface area contributed by atoms with E-state index in [0.717, 1.165) is 11.1 Å². The highest BCUT2D eigenvalue weighted by molar-refractivity contribution is 5.85. The second-order valence-electron chi connectivity index (χ2n) is 5.46. The minimum atomic E-state index is 0. The van der Waals surface area contributed by atoms with Gasteiger partial charge >= 0.3 is 0 Å². The van der Waals surface area contributed by atoms with E-state index in [-0.39, 0.29) is 18.3 Å². The van der Waals surface area contributed by atoms with Crippen LogP contribution in [-0.4, -0.2) is 38.1 Å². The van der Waals surface area contributed by atoms with E-state index in [1.54, 1.807) is 19.1 Å². The number of rotatable bonds is 8. The molecule has 0 fully saturated rings. The summed E-state index contributed by atoms with van der Waals surface area (Å²) in [6.07, 6.45) is 0.299. The number of carbonyl (C=O) groups excluding carboxylic acids is 1. The molecule has 0 atom stereocenters. The third kappa shape index (κ3) is 5.96. The Bertz CT molecular complexity index is 665. The van der Waals surface area contributed by atoms with E-state index in [2.05, 4.69) is 0 Å². The van der Waals surface area contributed by atoms with Crippen LogP contribution in [0.4, 0.5) is 0 Å². The summed E-state index contributed by atoms with van der Waals surface area (Å²) in [6.45, 7) is 1.52. The molecule has 1 amide bonds. The lowest BCUT2D eigenvalue weighted by atomic mass is 10.1. The van der Waals surface area contributed by atoms with Gasteiger partial charge in [-0.1, -0.05) is 36.4 Å². The van der Waals surface area contributed by atoms with Crippen molar-refractivity contribution in [3.8, 4) is 11.5 Å². The molecule has 6 heteroatoms. The molecule has 0 spiro atoms. The summed E-state index contributed by atoms with van der Waals surface area (Å²) in [5, 5.41) is 0. The van der Waals surface area contributed by atoms with E-state index in [9.17, 15) is 4.79 Å². The molecule has 136 valence electrons.